The summed E-state index contributed by atoms with van der Waals surface area (Å²) in [6.45, 7) is 6.06. The van der Waals surface area contributed by atoms with Crippen molar-refractivity contribution in [2.24, 2.45) is 5.41 Å². The third kappa shape index (κ3) is 3.24. The first-order valence-electron chi connectivity index (χ1n) is 6.86. The van der Waals surface area contributed by atoms with Crippen molar-refractivity contribution in [1.82, 2.24) is 4.68 Å². The van der Waals surface area contributed by atoms with Crippen LogP contribution in [0.4, 0.5) is 0 Å². The topological polar surface area (TPSA) is 61.1 Å². The van der Waals surface area contributed by atoms with Gasteiger partial charge in [-0.3, -0.25) is 10.6 Å². The van der Waals surface area contributed by atoms with Crippen LogP contribution in [0, 0.1) is 5.41 Å². The van der Waals surface area contributed by atoms with Gasteiger partial charge in [-0.25, -0.2) is 4.57 Å². The number of imidazole rings is 1. The lowest BCUT2D eigenvalue weighted by Crippen LogP contribution is -2.43. The van der Waals surface area contributed by atoms with E-state index in [4.69, 9.17) is 10.6 Å². The van der Waals surface area contributed by atoms with Crippen molar-refractivity contribution < 1.29 is 14.1 Å². The lowest BCUT2D eigenvalue weighted by molar-refractivity contribution is -0.673. The summed E-state index contributed by atoms with van der Waals surface area (Å²) < 4.78 is 8.55. The molecule has 0 saturated heterocycles. The Labute approximate surface area is 124 Å². The van der Waals surface area contributed by atoms with Crippen molar-refractivity contribution >= 4 is 5.78 Å². The predicted octanol–water partition coefficient (Wildman–Crippen LogP) is 1.78. The highest BCUT2D eigenvalue weighted by atomic mass is 16.5. The van der Waals surface area contributed by atoms with Crippen LogP contribution in [-0.4, -0.2) is 17.6 Å². The molecule has 0 radical (unpaired) electrons. The molecular weight excluding hydrogens is 266 g/mol. The number of rotatable bonds is 4. The number of carbonyl (C=O) groups is 1. The molecule has 5 nitrogen and oxygen atoms in total. The average Bonchev–Trinajstić information content (AvgIpc) is 2.79. The molecule has 0 spiro atoms. The summed E-state index contributed by atoms with van der Waals surface area (Å²) >= 11 is 0. The summed E-state index contributed by atoms with van der Waals surface area (Å²) in [6.07, 6.45) is 3.57. The van der Waals surface area contributed by atoms with Gasteiger partial charge in [-0.15, -0.1) is 4.68 Å². The molecule has 112 valence electrons. The zero-order chi connectivity index (χ0) is 15.6. The van der Waals surface area contributed by atoms with Crippen molar-refractivity contribution in [2.75, 3.05) is 13.0 Å². The second-order valence-corrected chi connectivity index (χ2v) is 6.06. The van der Waals surface area contributed by atoms with Crippen molar-refractivity contribution in [3.05, 3.63) is 36.7 Å². The van der Waals surface area contributed by atoms with Crippen molar-refractivity contribution in [3.8, 4) is 17.1 Å². The number of Topliss-reactive ketones (excluding diaryl/α,β-unsaturated/α-hetero) is 1. The Kier molecular flexibility index (Phi) is 4.02. The number of nitrogen functional groups attached to an aromatic ring is 1. The van der Waals surface area contributed by atoms with Gasteiger partial charge in [0.1, 0.15) is 18.5 Å². The van der Waals surface area contributed by atoms with E-state index < -0.39 is 0 Å². The molecule has 1 aromatic carbocycles. The van der Waals surface area contributed by atoms with Crippen LogP contribution in [0.25, 0.3) is 11.4 Å². The molecule has 0 atom stereocenters. The molecule has 5 heteroatoms. The summed E-state index contributed by atoms with van der Waals surface area (Å²) in [5.41, 5.74) is 0.561. The molecular formula is C16H22N3O2+. The standard InChI is InChI=1S/C16H22N3O2/c1-16(2,3)14(20)11-18-9-10-19(17)15(18)12-5-7-13(21-4)8-6-12/h5-10H,11,17H2,1-4H3/q+1. The monoisotopic (exact) mass is 288 g/mol. The van der Waals surface area contributed by atoms with Gasteiger partial charge >= 0.3 is 5.82 Å². The van der Waals surface area contributed by atoms with E-state index in [1.807, 2.05) is 55.8 Å². The maximum atomic E-state index is 12.2. The van der Waals surface area contributed by atoms with Gasteiger partial charge in [-0.05, 0) is 24.3 Å². The number of ether oxygens (including phenoxy) is 1. The van der Waals surface area contributed by atoms with E-state index in [0.29, 0.717) is 6.54 Å². The summed E-state index contributed by atoms with van der Waals surface area (Å²) in [7, 11) is 1.63. The lowest BCUT2D eigenvalue weighted by Gasteiger charge is -2.15. The summed E-state index contributed by atoms with van der Waals surface area (Å²) in [5.74, 6) is 7.71. The Morgan fingerprint density at radius 2 is 1.90 bits per heavy atom. The number of benzene rings is 1. The van der Waals surface area contributed by atoms with Gasteiger partial charge in [-0.2, -0.15) is 0 Å². The predicted molar refractivity (Wildman–Crippen MR) is 81.2 cm³/mol. The van der Waals surface area contributed by atoms with Gasteiger partial charge in [0.25, 0.3) is 0 Å². The number of methoxy groups -OCH3 is 1. The first-order chi connectivity index (χ1) is 9.82. The molecule has 1 heterocycles. The Morgan fingerprint density at radius 3 is 2.43 bits per heavy atom. The van der Waals surface area contributed by atoms with Gasteiger partial charge < -0.3 is 4.74 Å². The fourth-order valence-corrected chi connectivity index (χ4v) is 2.02. The maximum Gasteiger partial charge on any atom is 0.312 e. The minimum Gasteiger partial charge on any atom is -0.497 e. The molecule has 2 aromatic rings. The lowest BCUT2D eigenvalue weighted by atomic mass is 9.91. The molecule has 0 amide bonds. The van der Waals surface area contributed by atoms with E-state index in [0.717, 1.165) is 17.1 Å². The highest BCUT2D eigenvalue weighted by Crippen LogP contribution is 2.20. The summed E-state index contributed by atoms with van der Waals surface area (Å²) in [5, 5.41) is 0. The Hall–Kier alpha value is -2.30. The quantitative estimate of drug-likeness (QED) is 0.689. The van der Waals surface area contributed by atoms with Gasteiger partial charge in [0.2, 0.25) is 0 Å². The normalized spacial score (nSPS) is 11.4. The van der Waals surface area contributed by atoms with E-state index >= 15 is 0 Å². The van der Waals surface area contributed by atoms with Crippen LogP contribution in [0.15, 0.2) is 36.7 Å². The summed E-state index contributed by atoms with van der Waals surface area (Å²) in [6, 6.07) is 7.60. The molecule has 0 aliphatic heterocycles. The largest absolute Gasteiger partial charge is 0.497 e. The maximum absolute atomic E-state index is 12.2. The van der Waals surface area contributed by atoms with Crippen molar-refractivity contribution in [3.63, 3.8) is 0 Å². The third-order valence-electron chi connectivity index (χ3n) is 3.42. The minimum atomic E-state index is -0.374. The van der Waals surface area contributed by atoms with Crippen LogP contribution in [0.1, 0.15) is 20.8 Å². The average molecular weight is 288 g/mol. The first kappa shape index (κ1) is 15.1. The molecule has 0 aliphatic carbocycles. The number of ketones is 1. The molecule has 0 aliphatic rings. The van der Waals surface area contributed by atoms with Crippen LogP contribution in [0.5, 0.6) is 5.75 Å². The molecule has 1 aromatic heterocycles. The Balaban J connectivity index is 2.35. The number of nitrogens with zero attached hydrogens (tertiary/aromatic N) is 2. The Bertz CT molecular complexity index is 637. The SMILES string of the molecule is COc1ccc(-c2n(N)cc[n+]2CC(=O)C(C)(C)C)cc1. The Morgan fingerprint density at radius 1 is 1.29 bits per heavy atom. The van der Waals surface area contributed by atoms with Crippen LogP contribution in [-0.2, 0) is 11.3 Å². The number of aromatic nitrogens is 2. The van der Waals surface area contributed by atoms with E-state index in [1.54, 1.807) is 13.3 Å². The van der Waals surface area contributed by atoms with Crippen molar-refractivity contribution in [1.29, 1.82) is 0 Å². The van der Waals surface area contributed by atoms with Crippen LogP contribution in [0.2, 0.25) is 0 Å². The second kappa shape index (κ2) is 5.60. The van der Waals surface area contributed by atoms with Crippen LogP contribution in [0.3, 0.4) is 0 Å². The second-order valence-electron chi connectivity index (χ2n) is 6.06. The summed E-state index contributed by atoms with van der Waals surface area (Å²) in [4.78, 5) is 12.2. The fourth-order valence-electron chi connectivity index (χ4n) is 2.02. The van der Waals surface area contributed by atoms with E-state index in [1.165, 1.54) is 4.68 Å². The smallest absolute Gasteiger partial charge is 0.312 e. The highest BCUT2D eigenvalue weighted by molar-refractivity contribution is 5.82. The van der Waals surface area contributed by atoms with Gasteiger partial charge in [0, 0.05) is 5.41 Å². The molecule has 2 rings (SSSR count). The van der Waals surface area contributed by atoms with Gasteiger partial charge in [-0.1, -0.05) is 20.8 Å². The van der Waals surface area contributed by atoms with E-state index in [-0.39, 0.29) is 11.2 Å². The first-order valence-corrected chi connectivity index (χ1v) is 6.86. The zero-order valence-electron chi connectivity index (χ0n) is 13.0. The molecule has 0 unspecified atom stereocenters. The molecule has 21 heavy (non-hydrogen) atoms. The highest BCUT2D eigenvalue weighted by Gasteiger charge is 2.27. The molecule has 0 fully saturated rings. The number of carbonyl (C=O) groups excluding carboxylic acids is 1. The minimum absolute atomic E-state index is 0.161. The molecule has 0 bridgehead atoms. The molecule has 2 N–H and O–H groups in total. The molecule has 0 saturated carbocycles. The van der Waals surface area contributed by atoms with Crippen LogP contribution < -0.4 is 15.1 Å². The number of hydrogen-bond acceptors (Lipinski definition) is 3. The van der Waals surface area contributed by atoms with E-state index in [9.17, 15) is 4.79 Å². The number of nitrogens with two attached hydrogens (primary N) is 1. The van der Waals surface area contributed by atoms with Crippen molar-refractivity contribution in [2.45, 2.75) is 27.3 Å². The van der Waals surface area contributed by atoms with E-state index in [2.05, 4.69) is 0 Å². The zero-order valence-corrected chi connectivity index (χ0v) is 13.0. The van der Waals surface area contributed by atoms with Crippen LogP contribution >= 0.6 is 0 Å². The van der Waals surface area contributed by atoms with Gasteiger partial charge in [0.15, 0.2) is 12.0 Å². The van der Waals surface area contributed by atoms with Gasteiger partial charge in [0.05, 0.1) is 12.7 Å². The fraction of sp³-hybridized carbons (Fsp3) is 0.375. The number of hydrogen-bond donors (Lipinski definition) is 1. The third-order valence-corrected chi connectivity index (χ3v) is 3.42.